The van der Waals surface area contributed by atoms with Crippen LogP contribution in [0.3, 0.4) is 0 Å². The number of hydrogen-bond acceptors (Lipinski definition) is 2. The van der Waals surface area contributed by atoms with Gasteiger partial charge in [0, 0.05) is 17.1 Å². The van der Waals surface area contributed by atoms with Gasteiger partial charge in [0.05, 0.1) is 5.41 Å². The molecule has 0 aromatic heterocycles. The maximum absolute atomic E-state index is 12.6. The first-order chi connectivity index (χ1) is 9.60. The molecule has 0 spiro atoms. The summed E-state index contributed by atoms with van der Waals surface area (Å²) in [5, 5.41) is 7.36. The Morgan fingerprint density at radius 3 is 2.90 bits per heavy atom. The van der Waals surface area contributed by atoms with E-state index in [0.29, 0.717) is 17.1 Å². The zero-order valence-corrected chi connectivity index (χ0v) is 12.5. The molecule has 1 heterocycles. The van der Waals surface area contributed by atoms with Gasteiger partial charge in [-0.2, -0.15) is 0 Å². The largest absolute Gasteiger partial charge is 0.352 e. The van der Waals surface area contributed by atoms with E-state index in [9.17, 15) is 4.79 Å². The van der Waals surface area contributed by atoms with Gasteiger partial charge in [0.1, 0.15) is 0 Å². The first-order valence-electron chi connectivity index (χ1n) is 7.40. The predicted molar refractivity (Wildman–Crippen MR) is 81.0 cm³/mol. The molecule has 1 aromatic carbocycles. The third kappa shape index (κ3) is 2.70. The van der Waals surface area contributed by atoms with Crippen molar-refractivity contribution in [3.05, 3.63) is 34.9 Å². The number of carbonyl (C=O) groups excluding carboxylic acids is 1. The van der Waals surface area contributed by atoms with Crippen LogP contribution < -0.4 is 10.6 Å². The van der Waals surface area contributed by atoms with Crippen molar-refractivity contribution in [1.29, 1.82) is 0 Å². The molecule has 1 amide bonds. The maximum atomic E-state index is 12.6. The number of amides is 1. The molecular weight excluding hydrogens is 272 g/mol. The van der Waals surface area contributed by atoms with E-state index >= 15 is 0 Å². The number of nitrogens with one attached hydrogen (secondary N) is 2. The molecule has 20 heavy (non-hydrogen) atoms. The summed E-state index contributed by atoms with van der Waals surface area (Å²) in [6, 6.07) is 8.51. The van der Waals surface area contributed by atoms with Crippen molar-refractivity contribution in [3.63, 3.8) is 0 Å². The molecule has 0 radical (unpaired) electrons. The highest BCUT2D eigenvalue weighted by Crippen LogP contribution is 2.49. The van der Waals surface area contributed by atoms with Gasteiger partial charge in [-0.3, -0.25) is 4.79 Å². The van der Waals surface area contributed by atoms with Gasteiger partial charge in [0.2, 0.25) is 5.91 Å². The number of halogens is 1. The highest BCUT2D eigenvalue weighted by Gasteiger charge is 2.51. The van der Waals surface area contributed by atoms with Gasteiger partial charge < -0.3 is 10.6 Å². The first-order valence-corrected chi connectivity index (χ1v) is 7.78. The Balaban J connectivity index is 1.70. The number of hydrogen-bond donors (Lipinski definition) is 2. The standard InChI is InChI=1S/C16H21ClN2O/c1-11-9-14(5-8-18-11)19-15(20)16(6-7-16)12-3-2-4-13(17)10-12/h2-4,10-11,14,18H,5-9H2,1H3,(H,19,20). The van der Waals surface area contributed by atoms with Crippen molar-refractivity contribution in [3.8, 4) is 0 Å². The molecule has 1 saturated carbocycles. The van der Waals surface area contributed by atoms with Crippen molar-refractivity contribution >= 4 is 17.5 Å². The third-order valence-electron chi connectivity index (χ3n) is 4.52. The van der Waals surface area contributed by atoms with Crippen molar-refractivity contribution in [2.24, 2.45) is 0 Å². The second-order valence-electron chi connectivity index (χ2n) is 6.14. The summed E-state index contributed by atoms with van der Waals surface area (Å²) in [5.74, 6) is 0.180. The summed E-state index contributed by atoms with van der Waals surface area (Å²) in [4.78, 5) is 12.6. The quantitative estimate of drug-likeness (QED) is 0.899. The average molecular weight is 293 g/mol. The van der Waals surface area contributed by atoms with Crippen LogP contribution in [-0.2, 0) is 10.2 Å². The third-order valence-corrected chi connectivity index (χ3v) is 4.76. The van der Waals surface area contributed by atoms with E-state index in [4.69, 9.17) is 11.6 Å². The molecule has 2 N–H and O–H groups in total. The molecule has 0 bridgehead atoms. The Morgan fingerprint density at radius 1 is 1.45 bits per heavy atom. The minimum Gasteiger partial charge on any atom is -0.352 e. The molecule has 2 unspecified atom stereocenters. The molecular formula is C16H21ClN2O. The minimum absolute atomic E-state index is 0.180. The molecule has 1 saturated heterocycles. The lowest BCUT2D eigenvalue weighted by atomic mass is 9.93. The molecule has 108 valence electrons. The number of benzene rings is 1. The van der Waals surface area contributed by atoms with E-state index in [1.165, 1.54) is 0 Å². The lowest BCUT2D eigenvalue weighted by Gasteiger charge is -2.30. The molecule has 2 atom stereocenters. The number of piperidine rings is 1. The Hall–Kier alpha value is -1.06. The van der Waals surface area contributed by atoms with E-state index in [-0.39, 0.29) is 11.3 Å². The van der Waals surface area contributed by atoms with E-state index in [1.54, 1.807) is 0 Å². The predicted octanol–water partition coefficient (Wildman–Crippen LogP) is 2.63. The second-order valence-corrected chi connectivity index (χ2v) is 6.58. The van der Waals surface area contributed by atoms with Crippen molar-refractivity contribution in [1.82, 2.24) is 10.6 Å². The fourth-order valence-electron chi connectivity index (χ4n) is 3.14. The summed E-state index contributed by atoms with van der Waals surface area (Å²) >= 11 is 6.05. The van der Waals surface area contributed by atoms with Gasteiger partial charge in [-0.05, 0) is 56.8 Å². The van der Waals surface area contributed by atoms with Gasteiger partial charge in [0.25, 0.3) is 0 Å². The van der Waals surface area contributed by atoms with Crippen LogP contribution in [0.5, 0.6) is 0 Å². The van der Waals surface area contributed by atoms with Gasteiger partial charge in [-0.25, -0.2) is 0 Å². The molecule has 3 nitrogen and oxygen atoms in total. The van der Waals surface area contributed by atoms with Gasteiger partial charge in [-0.15, -0.1) is 0 Å². The van der Waals surface area contributed by atoms with Crippen LogP contribution >= 0.6 is 11.6 Å². The van der Waals surface area contributed by atoms with Crippen LogP contribution in [0.15, 0.2) is 24.3 Å². The topological polar surface area (TPSA) is 41.1 Å². The summed E-state index contributed by atoms with van der Waals surface area (Å²) in [7, 11) is 0. The number of carbonyl (C=O) groups is 1. The summed E-state index contributed by atoms with van der Waals surface area (Å²) < 4.78 is 0. The zero-order valence-electron chi connectivity index (χ0n) is 11.8. The van der Waals surface area contributed by atoms with Crippen molar-refractivity contribution in [2.45, 2.75) is 50.1 Å². The van der Waals surface area contributed by atoms with Gasteiger partial charge in [-0.1, -0.05) is 23.7 Å². The lowest BCUT2D eigenvalue weighted by Crippen LogP contribution is -2.49. The van der Waals surface area contributed by atoms with Crippen LogP contribution in [-0.4, -0.2) is 24.5 Å². The average Bonchev–Trinajstić information content (AvgIpc) is 3.20. The monoisotopic (exact) mass is 292 g/mol. The Kier molecular flexibility index (Phi) is 3.74. The fraction of sp³-hybridized carbons (Fsp3) is 0.562. The van der Waals surface area contributed by atoms with E-state index in [1.807, 2.05) is 24.3 Å². The molecule has 2 fully saturated rings. The van der Waals surface area contributed by atoms with Crippen LogP contribution in [0.1, 0.15) is 38.2 Å². The molecule has 2 aliphatic rings. The molecule has 1 aliphatic heterocycles. The first kappa shape index (κ1) is 13.9. The minimum atomic E-state index is -0.320. The molecule has 4 heteroatoms. The van der Waals surface area contributed by atoms with Crippen LogP contribution in [0.2, 0.25) is 5.02 Å². The highest BCUT2D eigenvalue weighted by molar-refractivity contribution is 6.30. The van der Waals surface area contributed by atoms with E-state index in [2.05, 4.69) is 17.6 Å². The smallest absolute Gasteiger partial charge is 0.230 e. The SMILES string of the molecule is CC1CC(NC(=O)C2(c3cccc(Cl)c3)CC2)CCN1. The summed E-state index contributed by atoms with van der Waals surface area (Å²) in [6.07, 6.45) is 3.89. The highest BCUT2D eigenvalue weighted by atomic mass is 35.5. The van der Waals surface area contributed by atoms with Gasteiger partial charge in [0.15, 0.2) is 0 Å². The Labute approximate surface area is 125 Å². The molecule has 1 aromatic rings. The van der Waals surface area contributed by atoms with E-state index in [0.717, 1.165) is 37.8 Å². The molecule has 1 aliphatic carbocycles. The van der Waals surface area contributed by atoms with Crippen molar-refractivity contribution in [2.75, 3.05) is 6.54 Å². The van der Waals surface area contributed by atoms with Crippen LogP contribution in [0.25, 0.3) is 0 Å². The fourth-order valence-corrected chi connectivity index (χ4v) is 3.33. The maximum Gasteiger partial charge on any atom is 0.230 e. The van der Waals surface area contributed by atoms with Crippen LogP contribution in [0.4, 0.5) is 0 Å². The Bertz CT molecular complexity index is 513. The molecule has 3 rings (SSSR count). The Morgan fingerprint density at radius 2 is 2.25 bits per heavy atom. The van der Waals surface area contributed by atoms with E-state index < -0.39 is 0 Å². The van der Waals surface area contributed by atoms with Crippen molar-refractivity contribution < 1.29 is 4.79 Å². The zero-order chi connectivity index (χ0) is 14.2. The van der Waals surface area contributed by atoms with Crippen LogP contribution in [0, 0.1) is 0 Å². The number of rotatable bonds is 3. The second kappa shape index (κ2) is 5.38. The summed E-state index contributed by atoms with van der Waals surface area (Å²) in [5.41, 5.74) is 0.739. The lowest BCUT2D eigenvalue weighted by molar-refractivity contribution is -0.124. The normalized spacial score (nSPS) is 27.9. The summed E-state index contributed by atoms with van der Waals surface area (Å²) in [6.45, 7) is 3.15. The van der Waals surface area contributed by atoms with Gasteiger partial charge >= 0.3 is 0 Å².